The van der Waals surface area contributed by atoms with Crippen LogP contribution in [-0.4, -0.2) is 25.1 Å². The Morgan fingerprint density at radius 1 is 1.03 bits per heavy atom. The van der Waals surface area contributed by atoms with E-state index in [-0.39, 0.29) is 6.04 Å². The van der Waals surface area contributed by atoms with Crippen LogP contribution in [0.15, 0.2) is 67.0 Å². The highest BCUT2D eigenvalue weighted by Crippen LogP contribution is 2.33. The van der Waals surface area contributed by atoms with E-state index in [1.807, 2.05) is 6.07 Å². The molecule has 0 radical (unpaired) electrons. The molecule has 1 amide bonds. The number of ether oxygens (including phenoxy) is 2. The monoisotopic (exact) mass is 473 g/mol. The van der Waals surface area contributed by atoms with Gasteiger partial charge in [-0.15, -0.1) is 0 Å². The number of nitrogens with two attached hydrogens (primary N) is 1. The molecule has 6 nitrogen and oxygen atoms in total. The highest BCUT2D eigenvalue weighted by atomic mass is 19.4. The number of pyridine rings is 1. The minimum absolute atomic E-state index is 0.375. The van der Waals surface area contributed by atoms with E-state index < -0.39 is 23.7 Å². The van der Waals surface area contributed by atoms with Crippen LogP contribution < -0.4 is 20.5 Å². The van der Waals surface area contributed by atoms with Gasteiger partial charge in [0, 0.05) is 18.4 Å². The van der Waals surface area contributed by atoms with E-state index in [1.165, 1.54) is 26.4 Å². The molecule has 0 saturated heterocycles. The Kier molecular flexibility index (Phi) is 8.12. The minimum atomic E-state index is -4.39. The number of carbonyl (C=O) groups excluding carboxylic acids is 1. The standard InChI is InChI=1S/C25H26F3N3O3/c1-33-21-12-8-17(14-22(21)34-2)20(31-23(24(29)32)18-4-3-13-30-15-18)11-7-16-5-9-19(10-6-16)25(26,27)28/h3-6,8-10,12-15,20,23,31H,7,11H2,1-2H3,(H2,29,32). The summed E-state index contributed by atoms with van der Waals surface area (Å²) in [4.78, 5) is 16.3. The summed E-state index contributed by atoms with van der Waals surface area (Å²) in [6, 6.07) is 12.7. The van der Waals surface area contributed by atoms with Gasteiger partial charge in [0.05, 0.1) is 19.8 Å². The van der Waals surface area contributed by atoms with Crippen molar-refractivity contribution in [3.05, 3.63) is 89.2 Å². The van der Waals surface area contributed by atoms with Gasteiger partial charge in [0.1, 0.15) is 6.04 Å². The third-order valence-electron chi connectivity index (χ3n) is 5.48. The summed E-state index contributed by atoms with van der Waals surface area (Å²) in [5.41, 5.74) is 7.13. The van der Waals surface area contributed by atoms with Crippen molar-refractivity contribution in [2.45, 2.75) is 31.1 Å². The molecule has 0 aliphatic carbocycles. The van der Waals surface area contributed by atoms with Crippen LogP contribution in [0, 0.1) is 0 Å². The number of carbonyl (C=O) groups is 1. The predicted molar refractivity (Wildman–Crippen MR) is 121 cm³/mol. The molecule has 3 rings (SSSR count). The highest BCUT2D eigenvalue weighted by molar-refractivity contribution is 5.81. The Morgan fingerprint density at radius 3 is 2.29 bits per heavy atom. The van der Waals surface area contributed by atoms with E-state index in [0.29, 0.717) is 29.9 Å². The van der Waals surface area contributed by atoms with E-state index in [0.717, 1.165) is 23.3 Å². The van der Waals surface area contributed by atoms with Crippen molar-refractivity contribution in [2.24, 2.45) is 5.73 Å². The third kappa shape index (κ3) is 6.26. The summed E-state index contributed by atoms with van der Waals surface area (Å²) in [6.45, 7) is 0. The lowest BCUT2D eigenvalue weighted by Crippen LogP contribution is -2.36. The zero-order valence-corrected chi connectivity index (χ0v) is 18.8. The first-order valence-corrected chi connectivity index (χ1v) is 10.6. The molecule has 3 N–H and O–H groups in total. The van der Waals surface area contributed by atoms with Gasteiger partial charge in [-0.05, 0) is 59.9 Å². The summed E-state index contributed by atoms with van der Waals surface area (Å²) in [6.07, 6.45) is -0.295. The second kappa shape index (κ2) is 11.0. The van der Waals surface area contributed by atoms with Crippen molar-refractivity contribution in [3.63, 3.8) is 0 Å². The number of benzene rings is 2. The molecule has 2 atom stereocenters. The summed E-state index contributed by atoms with van der Waals surface area (Å²) in [5, 5.41) is 3.29. The first kappa shape index (κ1) is 25.0. The van der Waals surface area contributed by atoms with E-state index in [9.17, 15) is 18.0 Å². The van der Waals surface area contributed by atoms with Crippen LogP contribution in [0.2, 0.25) is 0 Å². The van der Waals surface area contributed by atoms with Gasteiger partial charge in [-0.3, -0.25) is 15.1 Å². The Labute approximate surface area is 195 Å². The second-order valence-corrected chi connectivity index (χ2v) is 7.69. The van der Waals surface area contributed by atoms with Crippen molar-refractivity contribution < 1.29 is 27.4 Å². The lowest BCUT2D eigenvalue weighted by atomic mass is 9.96. The number of aryl methyl sites for hydroxylation is 1. The molecule has 1 aromatic heterocycles. The zero-order valence-electron chi connectivity index (χ0n) is 18.8. The summed E-state index contributed by atoms with van der Waals surface area (Å²) in [5.74, 6) is 0.484. The van der Waals surface area contributed by atoms with Gasteiger partial charge in [-0.2, -0.15) is 13.2 Å². The average molecular weight is 473 g/mol. The number of methoxy groups -OCH3 is 2. The number of halogens is 3. The predicted octanol–water partition coefficient (Wildman–Crippen LogP) is 4.61. The van der Waals surface area contributed by atoms with Crippen LogP contribution in [0.1, 0.15) is 40.8 Å². The topological polar surface area (TPSA) is 86.5 Å². The number of nitrogens with zero attached hydrogens (tertiary/aromatic N) is 1. The normalized spacial score (nSPS) is 13.2. The number of rotatable bonds is 10. The molecule has 1 heterocycles. The van der Waals surface area contributed by atoms with E-state index in [2.05, 4.69) is 10.3 Å². The molecule has 180 valence electrons. The molecule has 34 heavy (non-hydrogen) atoms. The molecule has 0 fully saturated rings. The Balaban J connectivity index is 1.89. The Morgan fingerprint density at radius 2 is 1.74 bits per heavy atom. The number of nitrogens with one attached hydrogen (secondary N) is 1. The number of hydrogen-bond acceptors (Lipinski definition) is 5. The summed E-state index contributed by atoms with van der Waals surface area (Å²) in [7, 11) is 3.05. The van der Waals surface area contributed by atoms with Gasteiger partial charge in [-0.1, -0.05) is 24.3 Å². The lowest BCUT2D eigenvalue weighted by Gasteiger charge is -2.25. The maximum atomic E-state index is 12.9. The molecule has 0 aliphatic rings. The van der Waals surface area contributed by atoms with Crippen molar-refractivity contribution in [1.82, 2.24) is 10.3 Å². The van der Waals surface area contributed by atoms with Crippen LogP contribution in [0.25, 0.3) is 0 Å². The summed E-state index contributed by atoms with van der Waals surface area (Å²) < 4.78 is 49.4. The minimum Gasteiger partial charge on any atom is -0.493 e. The largest absolute Gasteiger partial charge is 0.493 e. The second-order valence-electron chi connectivity index (χ2n) is 7.69. The molecule has 0 spiro atoms. The van der Waals surface area contributed by atoms with Gasteiger partial charge in [0.25, 0.3) is 0 Å². The number of hydrogen-bond donors (Lipinski definition) is 2. The fraction of sp³-hybridized carbons (Fsp3) is 0.280. The van der Waals surface area contributed by atoms with Crippen molar-refractivity contribution in [1.29, 1.82) is 0 Å². The highest BCUT2D eigenvalue weighted by Gasteiger charge is 2.30. The quantitative estimate of drug-likeness (QED) is 0.449. The first-order chi connectivity index (χ1) is 16.2. The molecular weight excluding hydrogens is 447 g/mol. The van der Waals surface area contributed by atoms with Gasteiger partial charge in [0.15, 0.2) is 11.5 Å². The zero-order chi connectivity index (χ0) is 24.7. The smallest absolute Gasteiger partial charge is 0.416 e. The maximum Gasteiger partial charge on any atom is 0.416 e. The SMILES string of the molecule is COc1ccc(C(CCc2ccc(C(F)(F)F)cc2)NC(C(N)=O)c2cccnc2)cc1OC. The van der Waals surface area contributed by atoms with Gasteiger partial charge in [0.2, 0.25) is 5.91 Å². The van der Waals surface area contributed by atoms with Crippen molar-refractivity contribution in [3.8, 4) is 11.5 Å². The number of aromatic nitrogens is 1. The molecule has 2 unspecified atom stereocenters. The molecule has 0 aliphatic heterocycles. The Bertz CT molecular complexity index is 1090. The molecular formula is C25H26F3N3O3. The van der Waals surface area contributed by atoms with Gasteiger partial charge < -0.3 is 15.2 Å². The van der Waals surface area contributed by atoms with Gasteiger partial charge in [-0.25, -0.2) is 0 Å². The van der Waals surface area contributed by atoms with Crippen molar-refractivity contribution in [2.75, 3.05) is 14.2 Å². The van der Waals surface area contributed by atoms with E-state index in [4.69, 9.17) is 15.2 Å². The van der Waals surface area contributed by atoms with Crippen molar-refractivity contribution >= 4 is 5.91 Å². The van der Waals surface area contributed by atoms with Crippen LogP contribution in [-0.2, 0) is 17.4 Å². The average Bonchev–Trinajstić information content (AvgIpc) is 2.83. The third-order valence-corrected chi connectivity index (χ3v) is 5.48. The maximum absolute atomic E-state index is 12.9. The fourth-order valence-corrected chi connectivity index (χ4v) is 3.68. The first-order valence-electron chi connectivity index (χ1n) is 10.6. The fourth-order valence-electron chi connectivity index (χ4n) is 3.68. The summed E-state index contributed by atoms with van der Waals surface area (Å²) >= 11 is 0. The Hall–Kier alpha value is -3.59. The number of primary amides is 1. The molecule has 0 bridgehead atoms. The number of alkyl halides is 3. The molecule has 3 aromatic rings. The van der Waals surface area contributed by atoms with Crippen LogP contribution in [0.3, 0.4) is 0 Å². The lowest BCUT2D eigenvalue weighted by molar-refractivity contribution is -0.137. The number of amides is 1. The van der Waals surface area contributed by atoms with E-state index in [1.54, 1.807) is 36.7 Å². The van der Waals surface area contributed by atoms with Crippen LogP contribution in [0.5, 0.6) is 11.5 Å². The van der Waals surface area contributed by atoms with E-state index >= 15 is 0 Å². The molecule has 9 heteroatoms. The molecule has 2 aromatic carbocycles. The molecule has 0 saturated carbocycles. The van der Waals surface area contributed by atoms with Gasteiger partial charge >= 0.3 is 6.18 Å². The van der Waals surface area contributed by atoms with Crippen LogP contribution in [0.4, 0.5) is 13.2 Å². The van der Waals surface area contributed by atoms with Crippen LogP contribution >= 0.6 is 0 Å².